The summed E-state index contributed by atoms with van der Waals surface area (Å²) in [6, 6.07) is 5.42. The van der Waals surface area contributed by atoms with E-state index in [1.165, 1.54) is 24.3 Å². The molecule has 0 unspecified atom stereocenters. The van der Waals surface area contributed by atoms with E-state index in [2.05, 4.69) is 5.10 Å². The second-order valence-electron chi connectivity index (χ2n) is 4.85. The number of rotatable bonds is 3. The summed E-state index contributed by atoms with van der Waals surface area (Å²) >= 11 is 0. The van der Waals surface area contributed by atoms with Gasteiger partial charge >= 0.3 is 6.18 Å². The van der Waals surface area contributed by atoms with Crippen molar-refractivity contribution in [1.29, 1.82) is 0 Å². The van der Waals surface area contributed by atoms with Crippen LogP contribution in [0.4, 0.5) is 18.9 Å². The van der Waals surface area contributed by atoms with Crippen LogP contribution in [0.15, 0.2) is 40.2 Å². The Labute approximate surface area is 129 Å². The van der Waals surface area contributed by atoms with Crippen molar-refractivity contribution in [3.63, 3.8) is 0 Å². The maximum Gasteiger partial charge on any atom is 0.408 e. The number of nitrogens with two attached hydrogens (primary N) is 1. The van der Waals surface area contributed by atoms with Gasteiger partial charge in [-0.15, -0.1) is 0 Å². The number of benzene rings is 1. The standard InChI is InChI=1S/C13H12F3N3O3S/c1-23(21,22)9-4-2-8(3-5-9)10-6-18-19(7-13(14,15)16)12(20)11(10)17/h2-6H,7,17H2,1H3. The van der Waals surface area contributed by atoms with Crippen LogP contribution < -0.4 is 11.3 Å². The van der Waals surface area contributed by atoms with Gasteiger partial charge in [0.2, 0.25) is 0 Å². The summed E-state index contributed by atoms with van der Waals surface area (Å²) in [4.78, 5) is 11.9. The van der Waals surface area contributed by atoms with Crippen molar-refractivity contribution >= 4 is 15.5 Å². The zero-order valence-electron chi connectivity index (χ0n) is 11.8. The van der Waals surface area contributed by atoms with Crippen LogP contribution in [0.25, 0.3) is 11.1 Å². The Kier molecular flexibility index (Phi) is 4.20. The fourth-order valence-corrected chi connectivity index (χ4v) is 2.53. The topological polar surface area (TPSA) is 95.0 Å². The lowest BCUT2D eigenvalue weighted by Gasteiger charge is -2.11. The molecule has 10 heteroatoms. The quantitative estimate of drug-likeness (QED) is 0.907. The molecule has 0 spiro atoms. The summed E-state index contributed by atoms with van der Waals surface area (Å²) in [5.74, 6) is 0. The molecule has 23 heavy (non-hydrogen) atoms. The van der Waals surface area contributed by atoms with Gasteiger partial charge in [-0.3, -0.25) is 4.79 Å². The Morgan fingerprint density at radius 3 is 2.26 bits per heavy atom. The molecule has 124 valence electrons. The second-order valence-corrected chi connectivity index (χ2v) is 6.86. The van der Waals surface area contributed by atoms with Gasteiger partial charge in [-0.25, -0.2) is 13.1 Å². The molecule has 0 radical (unpaired) electrons. The first-order valence-corrected chi connectivity index (χ1v) is 8.11. The Morgan fingerprint density at radius 2 is 1.78 bits per heavy atom. The second kappa shape index (κ2) is 5.69. The average molecular weight is 347 g/mol. The molecule has 0 aliphatic carbocycles. The number of alkyl halides is 3. The summed E-state index contributed by atoms with van der Waals surface area (Å²) in [5.41, 5.74) is 4.65. The lowest BCUT2D eigenvalue weighted by Crippen LogP contribution is -2.31. The monoisotopic (exact) mass is 347 g/mol. The van der Waals surface area contributed by atoms with Crippen LogP contribution in [0, 0.1) is 0 Å². The van der Waals surface area contributed by atoms with Crippen molar-refractivity contribution in [3.05, 3.63) is 40.8 Å². The highest BCUT2D eigenvalue weighted by molar-refractivity contribution is 7.90. The zero-order valence-corrected chi connectivity index (χ0v) is 12.6. The van der Waals surface area contributed by atoms with E-state index in [-0.39, 0.29) is 15.1 Å². The highest BCUT2D eigenvalue weighted by atomic mass is 32.2. The highest BCUT2D eigenvalue weighted by Gasteiger charge is 2.29. The van der Waals surface area contributed by atoms with Crippen molar-refractivity contribution in [2.45, 2.75) is 17.6 Å². The molecule has 0 saturated carbocycles. The smallest absolute Gasteiger partial charge is 0.394 e. The molecular formula is C13H12F3N3O3S. The summed E-state index contributed by atoms with van der Waals surface area (Å²) in [5, 5.41) is 3.46. The summed E-state index contributed by atoms with van der Waals surface area (Å²) < 4.78 is 60.0. The summed E-state index contributed by atoms with van der Waals surface area (Å²) in [6.45, 7) is -1.54. The third kappa shape index (κ3) is 3.89. The molecule has 1 aromatic carbocycles. The maximum atomic E-state index is 12.3. The van der Waals surface area contributed by atoms with Crippen LogP contribution in [0.1, 0.15) is 0 Å². The van der Waals surface area contributed by atoms with Crippen molar-refractivity contribution in [2.75, 3.05) is 12.0 Å². The maximum absolute atomic E-state index is 12.3. The fraction of sp³-hybridized carbons (Fsp3) is 0.231. The number of hydrogen-bond acceptors (Lipinski definition) is 5. The number of halogens is 3. The fourth-order valence-electron chi connectivity index (χ4n) is 1.90. The lowest BCUT2D eigenvalue weighted by atomic mass is 10.1. The molecule has 1 heterocycles. The van der Waals surface area contributed by atoms with Gasteiger partial charge in [0, 0.05) is 11.8 Å². The largest absolute Gasteiger partial charge is 0.408 e. The number of anilines is 1. The molecule has 0 atom stereocenters. The number of nitrogen functional groups attached to an aromatic ring is 1. The van der Waals surface area contributed by atoms with Gasteiger partial charge in [-0.05, 0) is 17.7 Å². The first kappa shape index (κ1) is 17.0. The van der Waals surface area contributed by atoms with Crippen LogP contribution in [0.5, 0.6) is 0 Å². The van der Waals surface area contributed by atoms with E-state index in [1.54, 1.807) is 0 Å². The molecule has 2 rings (SSSR count). The number of aromatic nitrogens is 2. The molecule has 6 nitrogen and oxygen atoms in total. The van der Waals surface area contributed by atoms with Crippen molar-refractivity contribution in [2.24, 2.45) is 0 Å². The van der Waals surface area contributed by atoms with Gasteiger partial charge in [-0.2, -0.15) is 18.3 Å². The highest BCUT2D eigenvalue weighted by Crippen LogP contribution is 2.24. The minimum absolute atomic E-state index is 0.0678. The molecule has 0 aliphatic heterocycles. The summed E-state index contributed by atoms with van der Waals surface area (Å²) in [7, 11) is -3.38. The Morgan fingerprint density at radius 1 is 1.22 bits per heavy atom. The first-order valence-electron chi connectivity index (χ1n) is 6.22. The van der Waals surface area contributed by atoms with Gasteiger partial charge in [0.1, 0.15) is 12.2 Å². The summed E-state index contributed by atoms with van der Waals surface area (Å²) in [6.07, 6.45) is -2.52. The van der Waals surface area contributed by atoms with Crippen LogP contribution >= 0.6 is 0 Å². The number of hydrogen-bond donors (Lipinski definition) is 1. The van der Waals surface area contributed by atoms with E-state index in [9.17, 15) is 26.4 Å². The average Bonchev–Trinajstić information content (AvgIpc) is 2.42. The van der Waals surface area contributed by atoms with E-state index in [0.717, 1.165) is 12.5 Å². The van der Waals surface area contributed by atoms with Gasteiger partial charge < -0.3 is 5.73 Å². The third-order valence-corrected chi connectivity index (χ3v) is 4.13. The zero-order chi connectivity index (χ0) is 17.4. The minimum atomic E-state index is -4.60. The van der Waals surface area contributed by atoms with Crippen LogP contribution in [0.2, 0.25) is 0 Å². The Bertz CT molecular complexity index is 887. The van der Waals surface area contributed by atoms with E-state index in [1.807, 2.05) is 0 Å². The van der Waals surface area contributed by atoms with E-state index in [0.29, 0.717) is 5.56 Å². The molecule has 0 fully saturated rings. The number of sulfone groups is 1. The van der Waals surface area contributed by atoms with Crippen molar-refractivity contribution in [1.82, 2.24) is 9.78 Å². The van der Waals surface area contributed by atoms with E-state index >= 15 is 0 Å². The van der Waals surface area contributed by atoms with Gasteiger partial charge in [-0.1, -0.05) is 12.1 Å². The molecule has 0 saturated heterocycles. The number of nitrogens with zero attached hydrogens (tertiary/aromatic N) is 2. The SMILES string of the molecule is CS(=O)(=O)c1ccc(-c2cnn(CC(F)(F)F)c(=O)c2N)cc1. The normalized spacial score (nSPS) is 12.3. The molecule has 0 amide bonds. The lowest BCUT2D eigenvalue weighted by molar-refractivity contribution is -0.143. The van der Waals surface area contributed by atoms with Crippen molar-refractivity contribution in [3.8, 4) is 11.1 Å². The molecule has 1 aromatic heterocycles. The molecule has 2 aromatic rings. The van der Waals surface area contributed by atoms with E-state index < -0.39 is 33.8 Å². The predicted octanol–water partition coefficient (Wildman–Crippen LogP) is 1.46. The predicted molar refractivity (Wildman–Crippen MR) is 77.5 cm³/mol. The van der Waals surface area contributed by atoms with Gasteiger partial charge in [0.15, 0.2) is 9.84 Å². The first-order chi connectivity index (χ1) is 10.5. The van der Waals surface area contributed by atoms with Crippen LogP contribution in [-0.2, 0) is 16.4 Å². The molecular weight excluding hydrogens is 335 g/mol. The third-order valence-electron chi connectivity index (χ3n) is 3.00. The Balaban J connectivity index is 2.46. The van der Waals surface area contributed by atoms with Gasteiger partial charge in [0.05, 0.1) is 11.1 Å². The molecule has 0 bridgehead atoms. The minimum Gasteiger partial charge on any atom is -0.394 e. The van der Waals surface area contributed by atoms with Crippen LogP contribution in [0.3, 0.4) is 0 Å². The Hall–Kier alpha value is -2.36. The molecule has 0 aliphatic rings. The van der Waals surface area contributed by atoms with Crippen molar-refractivity contribution < 1.29 is 21.6 Å². The van der Waals surface area contributed by atoms with E-state index in [4.69, 9.17) is 5.73 Å². The molecule has 2 N–H and O–H groups in total. The van der Waals surface area contributed by atoms with Crippen LogP contribution in [-0.4, -0.2) is 30.6 Å². The van der Waals surface area contributed by atoms with Gasteiger partial charge in [0.25, 0.3) is 5.56 Å².